The summed E-state index contributed by atoms with van der Waals surface area (Å²) in [6.07, 6.45) is 3.69. The van der Waals surface area contributed by atoms with E-state index in [0.717, 1.165) is 22.2 Å². The molecule has 0 radical (unpaired) electrons. The van der Waals surface area contributed by atoms with E-state index in [1.165, 1.54) is 21.6 Å². The van der Waals surface area contributed by atoms with Crippen molar-refractivity contribution in [3.63, 3.8) is 0 Å². The summed E-state index contributed by atoms with van der Waals surface area (Å²) in [5.41, 5.74) is 10.8. The van der Waals surface area contributed by atoms with Crippen molar-refractivity contribution in [2.45, 2.75) is 24.5 Å². The Morgan fingerprint density at radius 2 is 1.76 bits per heavy atom. The van der Waals surface area contributed by atoms with Crippen LogP contribution in [0.4, 0.5) is 5.69 Å². The zero-order valence-corrected chi connectivity index (χ0v) is 13.1. The number of hydrogen-bond donors (Lipinski definition) is 1. The highest BCUT2D eigenvalue weighted by atomic mass is 32.2. The lowest BCUT2D eigenvalue weighted by molar-refractivity contribution is 1.29. The molecule has 3 aromatic rings. The van der Waals surface area contributed by atoms with E-state index in [1.54, 1.807) is 6.20 Å². The standard InChI is InChI=1S/C18H18N2S/c1-12-7-13(2)9-14(8-12)11-21-18-4-3-17(19)15-5-6-20-10-16(15)18/h3-10H,11,19H2,1-2H3. The molecule has 0 amide bonds. The fourth-order valence-electron chi connectivity index (χ4n) is 2.63. The average molecular weight is 294 g/mol. The minimum absolute atomic E-state index is 0.808. The Hall–Kier alpha value is -2.00. The van der Waals surface area contributed by atoms with Crippen LogP contribution in [0.3, 0.4) is 0 Å². The quantitative estimate of drug-likeness (QED) is 0.561. The molecule has 3 rings (SSSR count). The Bertz CT molecular complexity index is 776. The highest BCUT2D eigenvalue weighted by molar-refractivity contribution is 7.98. The number of rotatable bonds is 3. The molecule has 0 aliphatic heterocycles. The molecule has 0 aliphatic carbocycles. The second-order valence-corrected chi connectivity index (χ2v) is 6.38. The van der Waals surface area contributed by atoms with Gasteiger partial charge in [-0.2, -0.15) is 0 Å². The number of hydrogen-bond acceptors (Lipinski definition) is 3. The van der Waals surface area contributed by atoms with Gasteiger partial charge in [0.05, 0.1) is 0 Å². The van der Waals surface area contributed by atoms with Gasteiger partial charge in [0, 0.05) is 39.5 Å². The Labute approximate surface area is 129 Å². The van der Waals surface area contributed by atoms with Gasteiger partial charge in [-0.05, 0) is 37.6 Å². The maximum atomic E-state index is 6.04. The molecular formula is C18H18N2S. The molecule has 0 unspecified atom stereocenters. The van der Waals surface area contributed by atoms with Crippen LogP contribution in [-0.4, -0.2) is 4.98 Å². The number of nitrogens with zero attached hydrogens (tertiary/aromatic N) is 1. The summed E-state index contributed by atoms with van der Waals surface area (Å²) in [5.74, 6) is 0.955. The number of thioether (sulfide) groups is 1. The third-order valence-corrected chi connectivity index (χ3v) is 4.63. The first kappa shape index (κ1) is 14.0. The van der Waals surface area contributed by atoms with Gasteiger partial charge in [-0.25, -0.2) is 0 Å². The lowest BCUT2D eigenvalue weighted by atomic mass is 10.1. The molecule has 0 aliphatic rings. The third kappa shape index (κ3) is 3.03. The zero-order chi connectivity index (χ0) is 14.8. The molecule has 2 nitrogen and oxygen atoms in total. The molecule has 2 N–H and O–H groups in total. The van der Waals surface area contributed by atoms with Crippen molar-refractivity contribution in [2.24, 2.45) is 0 Å². The van der Waals surface area contributed by atoms with Gasteiger partial charge in [0.25, 0.3) is 0 Å². The van der Waals surface area contributed by atoms with E-state index in [2.05, 4.69) is 43.1 Å². The molecular weight excluding hydrogens is 276 g/mol. The van der Waals surface area contributed by atoms with Crippen LogP contribution in [0.15, 0.2) is 53.7 Å². The second-order valence-electron chi connectivity index (χ2n) is 5.36. The van der Waals surface area contributed by atoms with Gasteiger partial charge in [-0.1, -0.05) is 29.3 Å². The van der Waals surface area contributed by atoms with Gasteiger partial charge in [0.1, 0.15) is 0 Å². The van der Waals surface area contributed by atoms with Gasteiger partial charge in [0.15, 0.2) is 0 Å². The fraction of sp³-hybridized carbons (Fsp3) is 0.167. The van der Waals surface area contributed by atoms with Crippen molar-refractivity contribution < 1.29 is 0 Å². The Morgan fingerprint density at radius 3 is 2.52 bits per heavy atom. The number of aromatic nitrogens is 1. The largest absolute Gasteiger partial charge is 0.398 e. The molecule has 0 fully saturated rings. The number of benzene rings is 2. The lowest BCUT2D eigenvalue weighted by Crippen LogP contribution is -1.90. The number of nitrogen functional groups attached to an aromatic ring is 1. The maximum Gasteiger partial charge on any atom is 0.0395 e. The highest BCUT2D eigenvalue weighted by Crippen LogP contribution is 2.32. The summed E-state index contributed by atoms with van der Waals surface area (Å²) in [6.45, 7) is 4.29. The molecule has 1 heterocycles. The summed E-state index contributed by atoms with van der Waals surface area (Å²) in [7, 11) is 0. The van der Waals surface area contributed by atoms with Crippen LogP contribution in [0.5, 0.6) is 0 Å². The van der Waals surface area contributed by atoms with Crippen LogP contribution in [0, 0.1) is 13.8 Å². The van der Waals surface area contributed by atoms with E-state index in [-0.39, 0.29) is 0 Å². The third-order valence-electron chi connectivity index (χ3n) is 3.49. The molecule has 106 valence electrons. The van der Waals surface area contributed by atoms with E-state index in [4.69, 9.17) is 5.73 Å². The normalized spacial score (nSPS) is 11.0. The van der Waals surface area contributed by atoms with Crippen molar-refractivity contribution >= 4 is 28.2 Å². The monoisotopic (exact) mass is 294 g/mol. The van der Waals surface area contributed by atoms with E-state index in [0.29, 0.717) is 0 Å². The van der Waals surface area contributed by atoms with Crippen LogP contribution in [0.1, 0.15) is 16.7 Å². The molecule has 0 saturated heterocycles. The number of anilines is 1. The van der Waals surface area contributed by atoms with Crippen molar-refractivity contribution in [2.75, 3.05) is 5.73 Å². The molecule has 1 aromatic heterocycles. The van der Waals surface area contributed by atoms with Gasteiger partial charge in [0.2, 0.25) is 0 Å². The van der Waals surface area contributed by atoms with Crippen molar-refractivity contribution in [3.8, 4) is 0 Å². The van der Waals surface area contributed by atoms with Crippen LogP contribution >= 0.6 is 11.8 Å². The SMILES string of the molecule is Cc1cc(C)cc(CSc2ccc(N)c3ccncc23)c1. The van der Waals surface area contributed by atoms with E-state index < -0.39 is 0 Å². The van der Waals surface area contributed by atoms with Crippen LogP contribution in [0.25, 0.3) is 10.8 Å². The van der Waals surface area contributed by atoms with Crippen LogP contribution < -0.4 is 5.73 Å². The van der Waals surface area contributed by atoms with E-state index in [1.807, 2.05) is 30.1 Å². The molecule has 2 aromatic carbocycles. The average Bonchev–Trinajstić information content (AvgIpc) is 2.46. The summed E-state index contributed by atoms with van der Waals surface area (Å²) < 4.78 is 0. The van der Waals surface area contributed by atoms with Crippen LogP contribution in [-0.2, 0) is 5.75 Å². The molecule has 3 heteroatoms. The first-order chi connectivity index (χ1) is 10.1. The zero-order valence-electron chi connectivity index (χ0n) is 12.3. The molecule has 0 spiro atoms. The Morgan fingerprint density at radius 1 is 1.00 bits per heavy atom. The number of fused-ring (bicyclic) bond motifs is 1. The smallest absolute Gasteiger partial charge is 0.0395 e. The topological polar surface area (TPSA) is 38.9 Å². The molecule has 0 atom stereocenters. The van der Waals surface area contributed by atoms with E-state index in [9.17, 15) is 0 Å². The number of pyridine rings is 1. The maximum absolute atomic E-state index is 6.04. The van der Waals surface area contributed by atoms with Crippen molar-refractivity contribution in [1.82, 2.24) is 4.98 Å². The number of nitrogens with two attached hydrogens (primary N) is 1. The minimum atomic E-state index is 0.808. The van der Waals surface area contributed by atoms with Gasteiger partial charge < -0.3 is 5.73 Å². The van der Waals surface area contributed by atoms with Gasteiger partial charge >= 0.3 is 0 Å². The molecule has 0 saturated carbocycles. The molecule has 0 bridgehead atoms. The second kappa shape index (κ2) is 5.78. The first-order valence-electron chi connectivity index (χ1n) is 6.95. The first-order valence-corrected chi connectivity index (χ1v) is 7.94. The number of aryl methyl sites for hydroxylation is 2. The predicted octanol–water partition coefficient (Wildman–Crippen LogP) is 4.73. The summed E-state index contributed by atoms with van der Waals surface area (Å²) in [4.78, 5) is 5.46. The summed E-state index contributed by atoms with van der Waals surface area (Å²) in [6, 6.07) is 12.7. The highest BCUT2D eigenvalue weighted by Gasteiger charge is 2.05. The van der Waals surface area contributed by atoms with E-state index >= 15 is 0 Å². The van der Waals surface area contributed by atoms with Gasteiger partial charge in [-0.3, -0.25) is 4.98 Å². The lowest BCUT2D eigenvalue weighted by Gasteiger charge is -2.09. The van der Waals surface area contributed by atoms with Crippen molar-refractivity contribution in [1.29, 1.82) is 0 Å². The Kier molecular flexibility index (Phi) is 3.84. The van der Waals surface area contributed by atoms with Gasteiger partial charge in [-0.15, -0.1) is 11.8 Å². The minimum Gasteiger partial charge on any atom is -0.398 e. The van der Waals surface area contributed by atoms with Crippen molar-refractivity contribution in [3.05, 3.63) is 65.5 Å². The fourth-order valence-corrected chi connectivity index (χ4v) is 3.60. The molecule has 21 heavy (non-hydrogen) atoms. The Balaban J connectivity index is 1.90. The summed E-state index contributed by atoms with van der Waals surface area (Å²) >= 11 is 1.83. The predicted molar refractivity (Wildman–Crippen MR) is 91.6 cm³/mol. The van der Waals surface area contributed by atoms with Crippen LogP contribution in [0.2, 0.25) is 0 Å². The summed E-state index contributed by atoms with van der Waals surface area (Å²) in [5, 5.41) is 2.21.